The summed E-state index contributed by atoms with van der Waals surface area (Å²) in [4.78, 5) is 24.7. The van der Waals surface area contributed by atoms with Gasteiger partial charge >= 0.3 is 11.9 Å². The van der Waals surface area contributed by atoms with Gasteiger partial charge in [0.2, 0.25) is 0 Å². The molecule has 0 aromatic carbocycles. The second-order valence-corrected chi connectivity index (χ2v) is 15.1. The van der Waals surface area contributed by atoms with Crippen LogP contribution in [0.15, 0.2) is 0 Å². The number of esters is 2. The first-order valence-electron chi connectivity index (χ1n) is 21.1. The Kier molecular flexibility index (Phi) is 34.4. The molecule has 2 atom stereocenters. The lowest BCUT2D eigenvalue weighted by atomic mass is 9.88. The fraction of sp³-hybridized carbons (Fsp3) is 0.952. The first kappa shape index (κ1) is 47.8. The fourth-order valence-corrected chi connectivity index (χ4v) is 6.38. The highest BCUT2D eigenvalue weighted by Crippen LogP contribution is 2.24. The third-order valence-electron chi connectivity index (χ3n) is 10.3. The molecule has 0 radical (unpaired) electrons. The molecule has 7 heteroatoms. The molecule has 3 N–H and O–H groups in total. The number of hydrogen-bond donors (Lipinski definition) is 3. The van der Waals surface area contributed by atoms with Gasteiger partial charge in [0.25, 0.3) is 0 Å². The van der Waals surface area contributed by atoms with Crippen molar-refractivity contribution < 1.29 is 34.4 Å². The predicted octanol–water partition coefficient (Wildman–Crippen LogP) is 10.9. The number of carbonyl (C=O) groups is 2. The standard InChI is InChI=1S/C42H82O7/c1-4-7-9-23-29-38(44)31-25-19-15-11-13-17-21-27-33-40(46)48-36-42(6-3,35-43)37-49-41(47)34-28-22-18-14-12-16-20-26-32-39(45)30-24-10-8-5-2/h38-39,43-45H,4-37H2,1-3H3. The third-order valence-corrected chi connectivity index (χ3v) is 10.3. The minimum atomic E-state index is -0.748. The van der Waals surface area contributed by atoms with Crippen LogP contribution in [0.1, 0.15) is 220 Å². The van der Waals surface area contributed by atoms with Crippen LogP contribution in [0.3, 0.4) is 0 Å². The van der Waals surface area contributed by atoms with E-state index in [4.69, 9.17) is 9.47 Å². The minimum absolute atomic E-state index is 0.0669. The van der Waals surface area contributed by atoms with Gasteiger partial charge in [-0.25, -0.2) is 0 Å². The Hall–Kier alpha value is -1.18. The zero-order chi connectivity index (χ0) is 36.3. The van der Waals surface area contributed by atoms with Crippen LogP contribution in [-0.4, -0.2) is 59.3 Å². The van der Waals surface area contributed by atoms with E-state index in [0.717, 1.165) is 89.9 Å². The highest BCUT2D eigenvalue weighted by molar-refractivity contribution is 5.69. The Morgan fingerprint density at radius 1 is 0.469 bits per heavy atom. The third kappa shape index (κ3) is 31.3. The Balaban J connectivity index is 3.80. The second-order valence-electron chi connectivity index (χ2n) is 15.1. The molecular weight excluding hydrogens is 616 g/mol. The van der Waals surface area contributed by atoms with E-state index in [1.165, 1.54) is 89.9 Å². The van der Waals surface area contributed by atoms with Gasteiger partial charge in [-0.2, -0.15) is 0 Å². The van der Waals surface area contributed by atoms with E-state index < -0.39 is 5.41 Å². The lowest BCUT2D eigenvalue weighted by molar-refractivity contribution is -0.156. The Bertz CT molecular complexity index is 668. The molecule has 0 aliphatic heterocycles. The summed E-state index contributed by atoms with van der Waals surface area (Å²) in [7, 11) is 0. The van der Waals surface area contributed by atoms with Crippen LogP contribution in [0.25, 0.3) is 0 Å². The van der Waals surface area contributed by atoms with E-state index in [2.05, 4.69) is 13.8 Å². The summed E-state index contributed by atoms with van der Waals surface area (Å²) >= 11 is 0. The lowest BCUT2D eigenvalue weighted by Crippen LogP contribution is -2.37. The van der Waals surface area contributed by atoms with Crippen LogP contribution in [-0.2, 0) is 19.1 Å². The molecular formula is C42H82O7. The first-order chi connectivity index (χ1) is 23.8. The molecule has 0 amide bonds. The summed E-state index contributed by atoms with van der Waals surface area (Å²) in [6, 6.07) is 0. The highest BCUT2D eigenvalue weighted by Gasteiger charge is 2.31. The summed E-state index contributed by atoms with van der Waals surface area (Å²) in [5, 5.41) is 30.2. The van der Waals surface area contributed by atoms with Crippen LogP contribution < -0.4 is 0 Å². The highest BCUT2D eigenvalue weighted by atomic mass is 16.5. The number of aliphatic hydroxyl groups is 3. The summed E-state index contributed by atoms with van der Waals surface area (Å²) < 4.78 is 11.0. The van der Waals surface area contributed by atoms with Crippen LogP contribution in [0, 0.1) is 5.41 Å². The summed E-state index contributed by atoms with van der Waals surface area (Å²) in [6.07, 6.45) is 32.2. The normalized spacial score (nSPS) is 14.0. The van der Waals surface area contributed by atoms with Crippen LogP contribution in [0.5, 0.6) is 0 Å². The molecule has 0 aromatic heterocycles. The maximum atomic E-state index is 12.4. The first-order valence-corrected chi connectivity index (χ1v) is 21.1. The van der Waals surface area contributed by atoms with Crippen molar-refractivity contribution in [1.82, 2.24) is 0 Å². The molecule has 0 spiro atoms. The number of carbonyl (C=O) groups excluding carboxylic acids is 2. The van der Waals surface area contributed by atoms with Crippen molar-refractivity contribution in [2.24, 2.45) is 5.41 Å². The van der Waals surface area contributed by atoms with E-state index in [9.17, 15) is 24.9 Å². The molecule has 292 valence electrons. The van der Waals surface area contributed by atoms with E-state index in [0.29, 0.717) is 19.3 Å². The van der Waals surface area contributed by atoms with Gasteiger partial charge in [-0.05, 0) is 44.9 Å². The van der Waals surface area contributed by atoms with Crippen molar-refractivity contribution >= 4 is 11.9 Å². The smallest absolute Gasteiger partial charge is 0.305 e. The molecule has 7 nitrogen and oxygen atoms in total. The van der Waals surface area contributed by atoms with Gasteiger partial charge < -0.3 is 24.8 Å². The van der Waals surface area contributed by atoms with Gasteiger partial charge in [0.1, 0.15) is 13.2 Å². The lowest BCUT2D eigenvalue weighted by Gasteiger charge is -2.29. The average molecular weight is 699 g/mol. The topological polar surface area (TPSA) is 113 Å². The molecule has 0 rings (SSSR count). The summed E-state index contributed by atoms with van der Waals surface area (Å²) in [6.45, 7) is 6.28. The number of ether oxygens (including phenoxy) is 2. The fourth-order valence-electron chi connectivity index (χ4n) is 6.38. The monoisotopic (exact) mass is 699 g/mol. The van der Waals surface area contributed by atoms with Gasteiger partial charge in [-0.1, -0.05) is 162 Å². The molecule has 0 saturated carbocycles. The Morgan fingerprint density at radius 3 is 1.04 bits per heavy atom. The van der Waals surface area contributed by atoms with E-state index in [1.807, 2.05) is 6.92 Å². The molecule has 0 heterocycles. The van der Waals surface area contributed by atoms with Crippen molar-refractivity contribution in [3.05, 3.63) is 0 Å². The maximum Gasteiger partial charge on any atom is 0.305 e. The van der Waals surface area contributed by atoms with Crippen molar-refractivity contribution in [1.29, 1.82) is 0 Å². The zero-order valence-corrected chi connectivity index (χ0v) is 32.7. The van der Waals surface area contributed by atoms with E-state index in [1.54, 1.807) is 0 Å². The quantitative estimate of drug-likeness (QED) is 0.0434. The van der Waals surface area contributed by atoms with Crippen molar-refractivity contribution in [3.8, 4) is 0 Å². The van der Waals surface area contributed by atoms with Crippen molar-refractivity contribution in [2.75, 3.05) is 19.8 Å². The molecule has 0 aliphatic rings. The van der Waals surface area contributed by atoms with Crippen molar-refractivity contribution in [2.45, 2.75) is 232 Å². The van der Waals surface area contributed by atoms with Gasteiger partial charge in [0, 0.05) is 12.8 Å². The van der Waals surface area contributed by atoms with Crippen LogP contribution in [0.2, 0.25) is 0 Å². The van der Waals surface area contributed by atoms with Crippen molar-refractivity contribution in [3.63, 3.8) is 0 Å². The van der Waals surface area contributed by atoms with Crippen LogP contribution in [0.4, 0.5) is 0 Å². The van der Waals surface area contributed by atoms with Gasteiger partial charge in [0.05, 0.1) is 24.2 Å². The number of unbranched alkanes of at least 4 members (excludes halogenated alkanes) is 20. The minimum Gasteiger partial charge on any atom is -0.465 e. The Labute approximate surface area is 303 Å². The molecule has 49 heavy (non-hydrogen) atoms. The second kappa shape index (κ2) is 35.2. The zero-order valence-electron chi connectivity index (χ0n) is 32.7. The van der Waals surface area contributed by atoms with Gasteiger partial charge in [-0.3, -0.25) is 9.59 Å². The Morgan fingerprint density at radius 2 is 0.755 bits per heavy atom. The molecule has 0 saturated heterocycles. The van der Waals surface area contributed by atoms with E-state index in [-0.39, 0.29) is 44.0 Å². The number of aliphatic hydroxyl groups excluding tert-OH is 3. The van der Waals surface area contributed by atoms with E-state index >= 15 is 0 Å². The molecule has 2 unspecified atom stereocenters. The van der Waals surface area contributed by atoms with Crippen LogP contribution >= 0.6 is 0 Å². The molecule has 0 aromatic rings. The summed E-state index contributed by atoms with van der Waals surface area (Å²) in [5.41, 5.74) is -0.748. The van der Waals surface area contributed by atoms with Gasteiger partial charge in [0.15, 0.2) is 0 Å². The number of hydrogen-bond acceptors (Lipinski definition) is 7. The molecule has 0 bridgehead atoms. The molecule has 0 fully saturated rings. The SMILES string of the molecule is CCCCCCC(O)CCCCCCCCCCC(=O)OCC(CC)(CO)COC(=O)CCCCCCCCCCC(O)CCCCCC. The summed E-state index contributed by atoms with van der Waals surface area (Å²) in [5.74, 6) is -0.498. The largest absolute Gasteiger partial charge is 0.465 e. The molecule has 0 aliphatic carbocycles. The number of rotatable bonds is 38. The average Bonchev–Trinajstić information content (AvgIpc) is 3.10. The predicted molar refractivity (Wildman–Crippen MR) is 204 cm³/mol. The maximum absolute atomic E-state index is 12.4. The van der Waals surface area contributed by atoms with Gasteiger partial charge in [-0.15, -0.1) is 0 Å².